The molecule has 0 saturated heterocycles. The Morgan fingerprint density at radius 2 is 1.73 bits per heavy atom. The van der Waals surface area contributed by atoms with Gasteiger partial charge >= 0.3 is 5.97 Å². The molecule has 0 bridgehead atoms. The number of nitrogens with one attached hydrogen (secondary N) is 1. The Bertz CT molecular complexity index is 756. The number of carbonyl (C=O) groups is 2. The van der Waals surface area contributed by atoms with E-state index in [1.165, 1.54) is 19.2 Å². The predicted octanol–water partition coefficient (Wildman–Crippen LogP) is 2.64. The Hall–Kier alpha value is -2.73. The predicted molar refractivity (Wildman–Crippen MR) is 86.6 cm³/mol. The van der Waals surface area contributed by atoms with Crippen LogP contribution in [0.5, 0.6) is 0 Å². The summed E-state index contributed by atoms with van der Waals surface area (Å²) in [5.74, 6) is -1.62. The molecule has 0 spiro atoms. The smallest absolute Gasteiger partial charge is 0.335 e. The van der Waals surface area contributed by atoms with Gasteiger partial charge in [-0.05, 0) is 35.5 Å². The number of amides is 1. The van der Waals surface area contributed by atoms with E-state index in [1.807, 2.05) is 6.07 Å². The highest BCUT2D eigenvalue weighted by Crippen LogP contribution is 2.28. The summed E-state index contributed by atoms with van der Waals surface area (Å²) in [5.41, 5.74) is 1.16. The fraction of sp³-hybridized carbons (Fsp3) is 0.0625. The maximum absolute atomic E-state index is 12.2. The normalized spacial score (nSPS) is 10.0. The molecule has 0 aromatic heterocycles. The molecule has 5 nitrogen and oxygen atoms in total. The number of hydrogen-bond donors (Lipinski definition) is 3. The summed E-state index contributed by atoms with van der Waals surface area (Å²) in [6, 6.07) is 11.4. The van der Waals surface area contributed by atoms with E-state index in [1.54, 1.807) is 24.3 Å². The van der Waals surface area contributed by atoms with Crippen LogP contribution in [-0.2, 0) is 0 Å². The lowest BCUT2D eigenvalue weighted by atomic mass is 9.92. The Labute approximate surface area is 132 Å². The van der Waals surface area contributed by atoms with Crippen LogP contribution in [0.25, 0.3) is 11.1 Å². The molecule has 2 aromatic rings. The molecule has 0 fully saturated rings. The number of aliphatic hydroxyl groups excluding tert-OH is 1. The van der Waals surface area contributed by atoms with Crippen molar-refractivity contribution >= 4 is 29.1 Å². The molecular weight excluding hydrogens is 302 g/mol. The monoisotopic (exact) mass is 315 g/mol. The third-order valence-electron chi connectivity index (χ3n) is 3.15. The minimum Gasteiger partial charge on any atom is -0.499 e. The molecule has 0 atom stereocenters. The Morgan fingerprint density at radius 3 is 2.23 bits per heavy atom. The molecule has 22 heavy (non-hydrogen) atoms. The maximum atomic E-state index is 12.2. The van der Waals surface area contributed by atoms with Crippen LogP contribution >= 0.6 is 12.2 Å². The van der Waals surface area contributed by atoms with Gasteiger partial charge in [-0.25, -0.2) is 4.79 Å². The van der Waals surface area contributed by atoms with E-state index in [9.17, 15) is 19.8 Å². The number of carboxylic acid groups (broad SMARTS) is 1. The van der Waals surface area contributed by atoms with Crippen molar-refractivity contribution < 1.29 is 19.8 Å². The number of benzene rings is 2. The first-order valence-electron chi connectivity index (χ1n) is 6.37. The number of rotatable bonds is 4. The van der Waals surface area contributed by atoms with Crippen LogP contribution < -0.4 is 5.32 Å². The number of hydrogen-bond acceptors (Lipinski definition) is 3. The molecule has 0 heterocycles. The average molecular weight is 315 g/mol. The molecule has 6 heteroatoms. The minimum absolute atomic E-state index is 0.0214. The van der Waals surface area contributed by atoms with Crippen LogP contribution in [0.15, 0.2) is 42.5 Å². The molecule has 2 rings (SSSR count). The van der Waals surface area contributed by atoms with E-state index < -0.39 is 16.9 Å². The quantitative estimate of drug-likeness (QED) is 0.755. The molecule has 0 aliphatic carbocycles. The van der Waals surface area contributed by atoms with Crippen molar-refractivity contribution in [2.45, 2.75) is 0 Å². The maximum Gasteiger partial charge on any atom is 0.335 e. The largest absolute Gasteiger partial charge is 0.499 e. The lowest BCUT2D eigenvalue weighted by Gasteiger charge is -2.14. The Morgan fingerprint density at radius 1 is 1.09 bits per heavy atom. The molecule has 0 aliphatic rings. The molecule has 0 unspecified atom stereocenters. The van der Waals surface area contributed by atoms with E-state index in [0.29, 0.717) is 11.1 Å². The number of aliphatic hydroxyl groups is 1. The van der Waals surface area contributed by atoms with Crippen LogP contribution in [0.4, 0.5) is 0 Å². The third kappa shape index (κ3) is 2.96. The molecular formula is C16H13NO4S. The van der Waals surface area contributed by atoms with Crippen molar-refractivity contribution in [3.63, 3.8) is 0 Å². The fourth-order valence-corrected chi connectivity index (χ4v) is 2.31. The van der Waals surface area contributed by atoms with Gasteiger partial charge in [-0.2, -0.15) is 0 Å². The molecule has 112 valence electrons. The van der Waals surface area contributed by atoms with Crippen LogP contribution in [0.3, 0.4) is 0 Å². The Balaban J connectivity index is 2.86. The van der Waals surface area contributed by atoms with Gasteiger partial charge in [0, 0.05) is 12.6 Å². The second kappa shape index (κ2) is 6.36. The van der Waals surface area contributed by atoms with Crippen molar-refractivity contribution in [3.8, 4) is 11.1 Å². The van der Waals surface area contributed by atoms with Crippen molar-refractivity contribution in [2.24, 2.45) is 0 Å². The van der Waals surface area contributed by atoms with Gasteiger partial charge in [-0.3, -0.25) is 4.79 Å². The summed E-state index contributed by atoms with van der Waals surface area (Å²) in [5, 5.41) is 20.9. The summed E-state index contributed by atoms with van der Waals surface area (Å²) < 4.78 is 0. The third-order valence-corrected chi connectivity index (χ3v) is 3.37. The van der Waals surface area contributed by atoms with Gasteiger partial charge in [-0.15, -0.1) is 0 Å². The molecule has 1 amide bonds. The van der Waals surface area contributed by atoms with Gasteiger partial charge in [0.25, 0.3) is 5.91 Å². The highest BCUT2D eigenvalue weighted by Gasteiger charge is 2.22. The summed E-state index contributed by atoms with van der Waals surface area (Å²) in [4.78, 5) is 23.5. The molecule has 0 radical (unpaired) electrons. The zero-order chi connectivity index (χ0) is 16.3. The summed E-state index contributed by atoms with van der Waals surface area (Å²) >= 11 is 4.76. The van der Waals surface area contributed by atoms with Crippen molar-refractivity contribution in [1.29, 1.82) is 0 Å². The van der Waals surface area contributed by atoms with Gasteiger partial charge < -0.3 is 15.5 Å². The van der Waals surface area contributed by atoms with Gasteiger partial charge in [0.15, 0.2) is 5.05 Å². The van der Waals surface area contributed by atoms with Gasteiger partial charge in [0.1, 0.15) is 0 Å². The van der Waals surface area contributed by atoms with E-state index >= 15 is 0 Å². The van der Waals surface area contributed by atoms with Crippen LogP contribution in [0.1, 0.15) is 26.3 Å². The molecule has 2 aromatic carbocycles. The lowest BCUT2D eigenvalue weighted by molar-refractivity contribution is 0.0696. The first-order valence-corrected chi connectivity index (χ1v) is 6.78. The Kier molecular flexibility index (Phi) is 4.53. The summed E-state index contributed by atoms with van der Waals surface area (Å²) in [6.45, 7) is 0. The second-order valence-corrected chi connectivity index (χ2v) is 4.89. The SMILES string of the molecule is CNC(=O)c1c(C(O)=S)cc(C(=O)O)cc1-c1ccccc1. The topological polar surface area (TPSA) is 86.6 Å². The minimum atomic E-state index is -1.17. The molecule has 3 N–H and O–H groups in total. The van der Waals surface area contributed by atoms with Gasteiger partial charge in [-0.1, -0.05) is 30.3 Å². The van der Waals surface area contributed by atoms with Gasteiger partial charge in [0.2, 0.25) is 0 Å². The number of thiocarbonyl (C=S) groups is 1. The van der Waals surface area contributed by atoms with Crippen molar-refractivity contribution in [1.82, 2.24) is 5.32 Å². The van der Waals surface area contributed by atoms with Crippen LogP contribution in [0.2, 0.25) is 0 Å². The van der Waals surface area contributed by atoms with Crippen LogP contribution in [-0.4, -0.2) is 34.2 Å². The highest BCUT2D eigenvalue weighted by molar-refractivity contribution is 7.80. The van der Waals surface area contributed by atoms with Gasteiger partial charge in [0.05, 0.1) is 11.1 Å². The summed E-state index contributed by atoms with van der Waals surface area (Å²) in [6.07, 6.45) is 0. The average Bonchev–Trinajstić information content (AvgIpc) is 2.53. The zero-order valence-electron chi connectivity index (χ0n) is 11.7. The zero-order valence-corrected chi connectivity index (χ0v) is 12.5. The molecule has 0 aliphatic heterocycles. The standard InChI is InChI=1S/C16H13NO4S/c1-17-14(18)13-11(9-5-3-2-4-6-9)7-10(15(19)20)8-12(13)16(21)22/h2-8H,1H3,(H,17,18)(H,19,20)(H,21,22). The van der Waals surface area contributed by atoms with E-state index in [-0.39, 0.29) is 16.7 Å². The van der Waals surface area contributed by atoms with E-state index in [0.717, 1.165) is 0 Å². The number of aromatic carboxylic acids is 1. The van der Waals surface area contributed by atoms with E-state index in [4.69, 9.17) is 12.2 Å². The van der Waals surface area contributed by atoms with Crippen molar-refractivity contribution in [2.75, 3.05) is 7.05 Å². The van der Waals surface area contributed by atoms with Crippen molar-refractivity contribution in [3.05, 3.63) is 59.2 Å². The second-order valence-electron chi connectivity index (χ2n) is 4.50. The first kappa shape index (κ1) is 15.7. The van der Waals surface area contributed by atoms with Crippen LogP contribution in [0, 0.1) is 0 Å². The fourth-order valence-electron chi connectivity index (χ4n) is 2.15. The lowest BCUT2D eigenvalue weighted by Crippen LogP contribution is -2.22. The summed E-state index contributed by atoms with van der Waals surface area (Å²) in [7, 11) is 1.45. The number of carbonyl (C=O) groups excluding carboxylic acids is 1. The van der Waals surface area contributed by atoms with E-state index in [2.05, 4.69) is 5.32 Å². The molecule has 0 saturated carbocycles. The highest BCUT2D eigenvalue weighted by atomic mass is 32.1. The number of carboxylic acids is 1. The first-order chi connectivity index (χ1) is 10.5.